The highest BCUT2D eigenvalue weighted by Crippen LogP contribution is 2.28. The molecule has 1 aliphatic heterocycles. The van der Waals surface area contributed by atoms with Crippen LogP contribution in [0.3, 0.4) is 0 Å². The van der Waals surface area contributed by atoms with E-state index in [1.807, 2.05) is 6.92 Å². The minimum Gasteiger partial charge on any atom is -0.495 e. The molecule has 1 amide bonds. The van der Waals surface area contributed by atoms with E-state index < -0.39 is 31.8 Å². The van der Waals surface area contributed by atoms with Crippen LogP contribution in [0.15, 0.2) is 47.4 Å². The molecule has 0 radical (unpaired) electrons. The predicted molar refractivity (Wildman–Crippen MR) is 114 cm³/mol. The summed E-state index contributed by atoms with van der Waals surface area (Å²) in [7, 11) is -4.32. The van der Waals surface area contributed by atoms with Crippen LogP contribution in [0, 0.1) is 6.92 Å². The fourth-order valence-electron chi connectivity index (χ4n) is 3.30. The summed E-state index contributed by atoms with van der Waals surface area (Å²) in [6.45, 7) is 1.89. The molecule has 30 heavy (non-hydrogen) atoms. The fraction of sp³-hybridized carbons (Fsp3) is 0.350. The van der Waals surface area contributed by atoms with Crippen molar-refractivity contribution in [3.05, 3.63) is 53.6 Å². The maximum absolute atomic E-state index is 13.0. The summed E-state index contributed by atoms with van der Waals surface area (Å²) in [4.78, 5) is 14.1. The maximum atomic E-state index is 13.0. The van der Waals surface area contributed by atoms with Crippen molar-refractivity contribution in [1.29, 1.82) is 0 Å². The van der Waals surface area contributed by atoms with Crippen molar-refractivity contribution in [2.75, 3.05) is 30.4 Å². The Morgan fingerprint density at radius 3 is 2.40 bits per heavy atom. The zero-order chi connectivity index (χ0) is 22.1. The number of nitrogens with one attached hydrogen (secondary N) is 1. The van der Waals surface area contributed by atoms with E-state index >= 15 is 0 Å². The Balaban J connectivity index is 1.91. The molecule has 1 atom stereocenters. The Labute approximate surface area is 176 Å². The molecule has 0 spiro atoms. The molecule has 2 aromatic carbocycles. The number of hydrogen-bond donors (Lipinski definition) is 1. The van der Waals surface area contributed by atoms with Crippen LogP contribution in [-0.2, 0) is 19.9 Å². The molecule has 0 bridgehead atoms. The number of benzene rings is 2. The molecule has 0 aliphatic carbocycles. The first-order valence-electron chi connectivity index (χ1n) is 9.27. The summed E-state index contributed by atoms with van der Waals surface area (Å²) in [6.07, 6.45) is 0.362. The molecule has 1 heterocycles. The molecular formula is C20H24N2O6S2. The third kappa shape index (κ3) is 4.76. The van der Waals surface area contributed by atoms with E-state index in [2.05, 4.69) is 4.72 Å². The van der Waals surface area contributed by atoms with E-state index in [-0.39, 0.29) is 27.7 Å². The number of sulfonamides is 1. The van der Waals surface area contributed by atoms with Crippen LogP contribution >= 0.6 is 0 Å². The van der Waals surface area contributed by atoms with Gasteiger partial charge >= 0.3 is 0 Å². The number of anilines is 1. The van der Waals surface area contributed by atoms with Crippen LogP contribution < -0.4 is 9.46 Å². The summed E-state index contributed by atoms with van der Waals surface area (Å²) in [5.41, 5.74) is 1.50. The molecular weight excluding hydrogens is 428 g/mol. The normalized spacial score (nSPS) is 18.0. The van der Waals surface area contributed by atoms with E-state index in [4.69, 9.17) is 4.74 Å². The van der Waals surface area contributed by atoms with E-state index in [0.717, 1.165) is 5.56 Å². The summed E-state index contributed by atoms with van der Waals surface area (Å²) in [5, 5.41) is 0. The number of carbonyl (C=O) groups is 1. The van der Waals surface area contributed by atoms with Crippen molar-refractivity contribution in [3.8, 4) is 5.75 Å². The molecule has 1 fully saturated rings. The van der Waals surface area contributed by atoms with Crippen LogP contribution in [0.25, 0.3) is 0 Å². The van der Waals surface area contributed by atoms with Crippen LogP contribution in [0.5, 0.6) is 5.75 Å². The zero-order valence-corrected chi connectivity index (χ0v) is 18.6. The smallest absolute Gasteiger partial charge is 0.265 e. The molecule has 1 aliphatic rings. The van der Waals surface area contributed by atoms with Crippen LogP contribution in [-0.4, -0.2) is 59.3 Å². The second-order valence-corrected chi connectivity index (χ2v) is 11.2. The van der Waals surface area contributed by atoms with Gasteiger partial charge in [0.1, 0.15) is 10.6 Å². The third-order valence-electron chi connectivity index (χ3n) is 5.08. The molecule has 2 aromatic rings. The first-order chi connectivity index (χ1) is 14.0. The van der Waals surface area contributed by atoms with E-state index in [0.29, 0.717) is 12.1 Å². The number of amides is 1. The summed E-state index contributed by atoms with van der Waals surface area (Å²) >= 11 is 0. The van der Waals surface area contributed by atoms with Crippen molar-refractivity contribution in [3.63, 3.8) is 0 Å². The van der Waals surface area contributed by atoms with Gasteiger partial charge in [-0.1, -0.05) is 17.7 Å². The first-order valence-corrected chi connectivity index (χ1v) is 12.6. The Morgan fingerprint density at radius 2 is 1.83 bits per heavy atom. The second-order valence-electron chi connectivity index (χ2n) is 7.31. The van der Waals surface area contributed by atoms with E-state index in [1.165, 1.54) is 37.3 Å². The third-order valence-corrected chi connectivity index (χ3v) is 8.23. The minimum atomic E-state index is -4.03. The zero-order valence-electron chi connectivity index (χ0n) is 17.0. The van der Waals surface area contributed by atoms with Crippen LogP contribution in [0.1, 0.15) is 22.3 Å². The lowest BCUT2D eigenvalue weighted by Crippen LogP contribution is -2.37. The molecule has 1 saturated heterocycles. The van der Waals surface area contributed by atoms with Gasteiger partial charge in [-0.3, -0.25) is 9.52 Å². The molecule has 1 N–H and O–H groups in total. The highest BCUT2D eigenvalue weighted by molar-refractivity contribution is 7.92. The molecule has 8 nitrogen and oxygen atoms in total. The Morgan fingerprint density at radius 1 is 1.17 bits per heavy atom. The number of sulfone groups is 1. The standard InChI is InChI=1S/C20H24N2O6S2/c1-14-4-7-16(8-5-14)21-30(26,27)19-12-15(6-9-18(19)28-3)20(23)22(2)17-10-11-29(24,25)13-17/h4-9,12,17,21H,10-11,13H2,1-3H3/t17-/m0/s1. The number of methoxy groups -OCH3 is 1. The van der Waals surface area contributed by atoms with Gasteiger partial charge in [0, 0.05) is 24.3 Å². The average Bonchev–Trinajstić information content (AvgIpc) is 3.07. The quantitative estimate of drug-likeness (QED) is 0.718. The maximum Gasteiger partial charge on any atom is 0.265 e. The number of carbonyl (C=O) groups excluding carboxylic acids is 1. The first kappa shape index (κ1) is 22.1. The monoisotopic (exact) mass is 452 g/mol. The van der Waals surface area contributed by atoms with Gasteiger partial charge in [-0.05, 0) is 43.7 Å². The SMILES string of the molecule is COc1ccc(C(=O)N(C)[C@H]2CCS(=O)(=O)C2)cc1S(=O)(=O)Nc1ccc(C)cc1. The van der Waals surface area contributed by atoms with Gasteiger partial charge in [-0.15, -0.1) is 0 Å². The molecule has 0 aromatic heterocycles. The lowest BCUT2D eigenvalue weighted by Gasteiger charge is -2.24. The lowest BCUT2D eigenvalue weighted by atomic mass is 10.1. The number of ether oxygens (including phenoxy) is 1. The van der Waals surface area contributed by atoms with Crippen molar-refractivity contribution in [1.82, 2.24) is 4.90 Å². The van der Waals surface area contributed by atoms with E-state index in [1.54, 1.807) is 24.3 Å². The van der Waals surface area contributed by atoms with Gasteiger partial charge in [-0.2, -0.15) is 0 Å². The molecule has 10 heteroatoms. The largest absolute Gasteiger partial charge is 0.495 e. The van der Waals surface area contributed by atoms with Gasteiger partial charge in [0.2, 0.25) is 0 Å². The summed E-state index contributed by atoms with van der Waals surface area (Å²) in [6, 6.07) is 10.5. The summed E-state index contributed by atoms with van der Waals surface area (Å²) in [5.74, 6) is -0.410. The second kappa shape index (κ2) is 8.27. The Bertz CT molecular complexity index is 1160. The number of aryl methyl sites for hydroxylation is 1. The Kier molecular flexibility index (Phi) is 6.09. The topological polar surface area (TPSA) is 110 Å². The van der Waals surface area contributed by atoms with Gasteiger partial charge < -0.3 is 9.64 Å². The van der Waals surface area contributed by atoms with Gasteiger partial charge in [0.05, 0.1) is 18.6 Å². The Hall–Kier alpha value is -2.59. The van der Waals surface area contributed by atoms with Gasteiger partial charge in [-0.25, -0.2) is 16.8 Å². The molecule has 0 saturated carbocycles. The number of hydrogen-bond acceptors (Lipinski definition) is 6. The average molecular weight is 453 g/mol. The van der Waals surface area contributed by atoms with Crippen LogP contribution in [0.4, 0.5) is 5.69 Å². The summed E-state index contributed by atoms with van der Waals surface area (Å²) < 4.78 is 57.0. The van der Waals surface area contributed by atoms with Crippen molar-refractivity contribution >= 4 is 31.5 Å². The van der Waals surface area contributed by atoms with Gasteiger partial charge in [0.25, 0.3) is 15.9 Å². The highest BCUT2D eigenvalue weighted by atomic mass is 32.2. The van der Waals surface area contributed by atoms with Crippen molar-refractivity contribution in [2.45, 2.75) is 24.3 Å². The number of rotatable bonds is 6. The van der Waals surface area contributed by atoms with Crippen molar-refractivity contribution in [2.24, 2.45) is 0 Å². The molecule has 0 unspecified atom stereocenters. The highest BCUT2D eigenvalue weighted by Gasteiger charge is 2.33. The lowest BCUT2D eigenvalue weighted by molar-refractivity contribution is 0.0747. The number of nitrogens with zero attached hydrogens (tertiary/aromatic N) is 1. The van der Waals surface area contributed by atoms with E-state index in [9.17, 15) is 21.6 Å². The molecule has 3 rings (SSSR count). The molecule has 162 valence electrons. The fourth-order valence-corrected chi connectivity index (χ4v) is 6.33. The van der Waals surface area contributed by atoms with Crippen LogP contribution in [0.2, 0.25) is 0 Å². The van der Waals surface area contributed by atoms with Crippen molar-refractivity contribution < 1.29 is 26.4 Å². The predicted octanol–water partition coefficient (Wildman–Crippen LogP) is 2.06. The van der Waals surface area contributed by atoms with Gasteiger partial charge in [0.15, 0.2) is 9.84 Å². The minimum absolute atomic E-state index is 0.0397.